The van der Waals surface area contributed by atoms with E-state index in [0.717, 1.165) is 15.7 Å². The van der Waals surface area contributed by atoms with Gasteiger partial charge < -0.3 is 11.1 Å². The van der Waals surface area contributed by atoms with Crippen LogP contribution in [0.15, 0.2) is 16.6 Å². The number of hydrogen-bond donors (Lipinski definition) is 2. The van der Waals surface area contributed by atoms with Crippen LogP contribution in [0.25, 0.3) is 0 Å². The van der Waals surface area contributed by atoms with Gasteiger partial charge in [0.25, 0.3) is 0 Å². The van der Waals surface area contributed by atoms with Gasteiger partial charge in [0.05, 0.1) is 5.69 Å². The number of halogens is 1. The minimum absolute atomic E-state index is 0.00109. The molecule has 0 aromatic heterocycles. The number of carbonyl (C=O) groups excluding carboxylic acids is 1. The molecule has 0 saturated heterocycles. The first kappa shape index (κ1) is 15.2. The zero-order chi connectivity index (χ0) is 13.9. The van der Waals surface area contributed by atoms with Crippen LogP contribution in [-0.4, -0.2) is 11.4 Å². The summed E-state index contributed by atoms with van der Waals surface area (Å²) in [6, 6.07) is 4.04. The Balaban J connectivity index is 2.71. The van der Waals surface area contributed by atoms with Crippen LogP contribution in [0.3, 0.4) is 0 Å². The Morgan fingerprint density at radius 3 is 2.50 bits per heavy atom. The van der Waals surface area contributed by atoms with Crippen LogP contribution in [-0.2, 0) is 4.79 Å². The van der Waals surface area contributed by atoms with E-state index < -0.39 is 0 Å². The Hall–Kier alpha value is -0.870. The Morgan fingerprint density at radius 1 is 1.39 bits per heavy atom. The number of nitrogens with one attached hydrogen (secondary N) is 1. The molecule has 4 heteroatoms. The molecule has 0 unspecified atom stereocenters. The van der Waals surface area contributed by atoms with Gasteiger partial charge in [-0.1, -0.05) is 6.07 Å². The van der Waals surface area contributed by atoms with Crippen molar-refractivity contribution in [2.75, 3.05) is 5.32 Å². The van der Waals surface area contributed by atoms with Gasteiger partial charge in [-0.15, -0.1) is 0 Å². The fourth-order valence-electron chi connectivity index (χ4n) is 1.71. The maximum atomic E-state index is 11.9. The van der Waals surface area contributed by atoms with Crippen LogP contribution in [0.5, 0.6) is 0 Å². The van der Waals surface area contributed by atoms with Crippen molar-refractivity contribution in [1.82, 2.24) is 0 Å². The Morgan fingerprint density at radius 2 is 2.00 bits per heavy atom. The molecule has 1 rings (SSSR count). The van der Waals surface area contributed by atoms with Crippen molar-refractivity contribution in [3.05, 3.63) is 27.7 Å². The number of carbonyl (C=O) groups is 1. The minimum Gasteiger partial charge on any atom is -0.326 e. The van der Waals surface area contributed by atoms with Crippen LogP contribution >= 0.6 is 15.9 Å². The molecule has 1 amide bonds. The van der Waals surface area contributed by atoms with E-state index in [2.05, 4.69) is 21.2 Å². The summed E-state index contributed by atoms with van der Waals surface area (Å²) in [4.78, 5) is 11.9. The Bertz CT molecular complexity index is 427. The van der Waals surface area contributed by atoms with Gasteiger partial charge in [-0.2, -0.15) is 0 Å². The largest absolute Gasteiger partial charge is 0.326 e. The van der Waals surface area contributed by atoms with Crippen molar-refractivity contribution in [2.45, 2.75) is 46.1 Å². The topological polar surface area (TPSA) is 55.1 Å². The standard InChI is InChI=1S/C14H21BrN2O/c1-9-7-10(2)13(11(15)8-9)17-12(18)5-6-14(3,4)16/h7-8H,5-6,16H2,1-4H3,(H,17,18). The average Bonchev–Trinajstić information content (AvgIpc) is 2.19. The molecule has 1 aromatic rings. The normalized spacial score (nSPS) is 11.4. The lowest BCUT2D eigenvalue weighted by atomic mass is 10.00. The Labute approximate surface area is 117 Å². The second-order valence-electron chi connectivity index (χ2n) is 5.48. The fourth-order valence-corrected chi connectivity index (χ4v) is 2.48. The first-order chi connectivity index (χ1) is 8.19. The third-order valence-corrected chi connectivity index (χ3v) is 3.32. The molecule has 18 heavy (non-hydrogen) atoms. The minimum atomic E-state index is -0.309. The molecule has 0 aliphatic heterocycles. The van der Waals surface area contributed by atoms with Gasteiger partial charge in [0, 0.05) is 16.4 Å². The molecule has 3 N–H and O–H groups in total. The summed E-state index contributed by atoms with van der Waals surface area (Å²) < 4.78 is 0.917. The van der Waals surface area contributed by atoms with E-state index in [0.29, 0.717) is 12.8 Å². The average molecular weight is 313 g/mol. The van der Waals surface area contributed by atoms with E-state index in [9.17, 15) is 4.79 Å². The smallest absolute Gasteiger partial charge is 0.224 e. The third-order valence-electron chi connectivity index (χ3n) is 2.69. The highest BCUT2D eigenvalue weighted by Gasteiger charge is 2.14. The van der Waals surface area contributed by atoms with Gasteiger partial charge in [0.2, 0.25) is 5.91 Å². The van der Waals surface area contributed by atoms with Crippen LogP contribution in [0, 0.1) is 13.8 Å². The number of amides is 1. The van der Waals surface area contributed by atoms with E-state index in [1.165, 1.54) is 5.56 Å². The van der Waals surface area contributed by atoms with E-state index in [4.69, 9.17) is 5.73 Å². The first-order valence-corrected chi connectivity index (χ1v) is 6.84. The molecule has 0 aliphatic rings. The van der Waals surface area contributed by atoms with E-state index in [-0.39, 0.29) is 11.4 Å². The fraction of sp³-hybridized carbons (Fsp3) is 0.500. The highest BCUT2D eigenvalue weighted by Crippen LogP contribution is 2.28. The molecule has 100 valence electrons. The van der Waals surface area contributed by atoms with Crippen molar-refractivity contribution < 1.29 is 4.79 Å². The molecular weight excluding hydrogens is 292 g/mol. The zero-order valence-electron chi connectivity index (χ0n) is 11.4. The van der Waals surface area contributed by atoms with Gasteiger partial charge in [-0.05, 0) is 67.2 Å². The third kappa shape index (κ3) is 4.78. The van der Waals surface area contributed by atoms with E-state index in [1.807, 2.05) is 39.8 Å². The molecule has 0 aliphatic carbocycles. The van der Waals surface area contributed by atoms with Crippen molar-refractivity contribution >= 4 is 27.5 Å². The van der Waals surface area contributed by atoms with Gasteiger partial charge in [-0.25, -0.2) is 0 Å². The molecule has 3 nitrogen and oxygen atoms in total. The highest BCUT2D eigenvalue weighted by molar-refractivity contribution is 9.10. The lowest BCUT2D eigenvalue weighted by Crippen LogP contribution is -2.33. The SMILES string of the molecule is Cc1cc(C)c(NC(=O)CCC(C)(C)N)c(Br)c1. The van der Waals surface area contributed by atoms with Crippen LogP contribution in [0.2, 0.25) is 0 Å². The number of aryl methyl sites for hydroxylation is 2. The molecule has 0 saturated carbocycles. The quantitative estimate of drug-likeness (QED) is 0.893. The van der Waals surface area contributed by atoms with Crippen LogP contribution < -0.4 is 11.1 Å². The number of nitrogens with two attached hydrogens (primary N) is 1. The predicted octanol–water partition coefficient (Wildman–Crippen LogP) is 3.52. The van der Waals surface area contributed by atoms with E-state index >= 15 is 0 Å². The molecule has 0 bridgehead atoms. The molecule has 0 atom stereocenters. The van der Waals surface area contributed by atoms with Gasteiger partial charge in [0.15, 0.2) is 0 Å². The van der Waals surface area contributed by atoms with Gasteiger partial charge in [0.1, 0.15) is 0 Å². The lowest BCUT2D eigenvalue weighted by molar-refractivity contribution is -0.116. The predicted molar refractivity (Wildman–Crippen MR) is 79.7 cm³/mol. The molecule has 0 heterocycles. The highest BCUT2D eigenvalue weighted by atomic mass is 79.9. The second kappa shape index (κ2) is 5.85. The van der Waals surface area contributed by atoms with Crippen molar-refractivity contribution in [2.24, 2.45) is 5.73 Å². The summed E-state index contributed by atoms with van der Waals surface area (Å²) >= 11 is 3.48. The summed E-state index contributed by atoms with van der Waals surface area (Å²) in [5.41, 5.74) is 8.63. The molecule has 0 spiro atoms. The maximum absolute atomic E-state index is 11.9. The summed E-state index contributed by atoms with van der Waals surface area (Å²) in [5, 5.41) is 2.94. The lowest BCUT2D eigenvalue weighted by Gasteiger charge is -2.18. The molecule has 1 aromatic carbocycles. The molecule has 0 radical (unpaired) electrons. The summed E-state index contributed by atoms with van der Waals surface area (Å²) in [5.74, 6) is 0.00109. The van der Waals surface area contributed by atoms with Crippen LogP contribution in [0.4, 0.5) is 5.69 Å². The first-order valence-electron chi connectivity index (χ1n) is 6.04. The number of benzene rings is 1. The van der Waals surface area contributed by atoms with Gasteiger partial charge >= 0.3 is 0 Å². The van der Waals surface area contributed by atoms with Gasteiger partial charge in [-0.3, -0.25) is 4.79 Å². The summed E-state index contributed by atoms with van der Waals surface area (Å²) in [6.07, 6.45) is 1.10. The number of anilines is 1. The second-order valence-corrected chi connectivity index (χ2v) is 6.33. The summed E-state index contributed by atoms with van der Waals surface area (Å²) in [6.45, 7) is 7.86. The monoisotopic (exact) mass is 312 g/mol. The van der Waals surface area contributed by atoms with Crippen LogP contribution in [0.1, 0.15) is 37.8 Å². The maximum Gasteiger partial charge on any atom is 0.224 e. The molecular formula is C14H21BrN2O. The zero-order valence-corrected chi connectivity index (χ0v) is 13.0. The van der Waals surface area contributed by atoms with E-state index in [1.54, 1.807) is 0 Å². The number of hydrogen-bond acceptors (Lipinski definition) is 2. The molecule has 0 fully saturated rings. The summed E-state index contributed by atoms with van der Waals surface area (Å²) in [7, 11) is 0. The van der Waals surface area contributed by atoms with Crippen molar-refractivity contribution in [1.29, 1.82) is 0 Å². The number of rotatable bonds is 4. The Kier molecular flexibility index (Phi) is 4.93. The van der Waals surface area contributed by atoms with Crippen molar-refractivity contribution in [3.8, 4) is 0 Å². The van der Waals surface area contributed by atoms with Crippen molar-refractivity contribution in [3.63, 3.8) is 0 Å².